The molecule has 2 heteroatoms. The maximum absolute atomic E-state index is 5.99. The van der Waals surface area contributed by atoms with Crippen LogP contribution in [0.5, 0.6) is 0 Å². The molecule has 1 aromatic rings. The predicted molar refractivity (Wildman–Crippen MR) is 61.9 cm³/mol. The molecule has 1 nitrogen and oxygen atoms in total. The lowest BCUT2D eigenvalue weighted by Crippen LogP contribution is -2.20. The maximum Gasteiger partial charge on any atom is 0.143 e. The summed E-state index contributed by atoms with van der Waals surface area (Å²) in [5, 5.41) is 0. The van der Waals surface area contributed by atoms with Crippen LogP contribution in [0.25, 0.3) is 0 Å². The molecule has 13 heavy (non-hydrogen) atoms. The third-order valence-corrected chi connectivity index (χ3v) is 3.30. The summed E-state index contributed by atoms with van der Waals surface area (Å²) in [5.41, 5.74) is 2.47. The van der Waals surface area contributed by atoms with Crippen LogP contribution in [0.2, 0.25) is 0 Å². The van der Waals surface area contributed by atoms with Crippen molar-refractivity contribution in [1.29, 1.82) is 0 Å². The van der Waals surface area contributed by atoms with Gasteiger partial charge in [0, 0.05) is 0 Å². The summed E-state index contributed by atoms with van der Waals surface area (Å²) in [6.45, 7) is 6.35. The minimum atomic E-state index is -0.169. The molecule has 0 saturated carbocycles. The molecular formula is C11H13IO. The van der Waals surface area contributed by atoms with Crippen molar-refractivity contribution in [3.05, 3.63) is 35.4 Å². The highest BCUT2D eigenvalue weighted by molar-refractivity contribution is 14.1. The molecule has 0 spiro atoms. The molecule has 2 rings (SSSR count). The second-order valence-electron chi connectivity index (χ2n) is 4.07. The fourth-order valence-electron chi connectivity index (χ4n) is 1.99. The number of rotatable bonds is 0. The largest absolute Gasteiger partial charge is 0.350 e. The Hall–Kier alpha value is -0.0900. The van der Waals surface area contributed by atoms with E-state index in [2.05, 4.69) is 67.6 Å². The monoisotopic (exact) mass is 288 g/mol. The van der Waals surface area contributed by atoms with Gasteiger partial charge in [-0.2, -0.15) is 0 Å². The van der Waals surface area contributed by atoms with E-state index in [1.54, 1.807) is 0 Å². The van der Waals surface area contributed by atoms with E-state index in [-0.39, 0.29) is 9.21 Å². The lowest BCUT2D eigenvalue weighted by atomic mass is 9.95. The van der Waals surface area contributed by atoms with Crippen molar-refractivity contribution in [2.24, 2.45) is 0 Å². The molecule has 1 unspecified atom stereocenters. The molecule has 0 aromatic heterocycles. The number of halogens is 1. The van der Waals surface area contributed by atoms with Crippen molar-refractivity contribution >= 4 is 22.6 Å². The standard InChI is InChI=1S/C11H13IO/c1-10(2)8-6-4-5-7-9(8)11(3,12)13-10/h4-7H,1-3H3. The molecule has 1 aromatic carbocycles. The zero-order chi connectivity index (χ0) is 9.69. The number of hydrogen-bond donors (Lipinski definition) is 0. The van der Waals surface area contributed by atoms with E-state index in [1.165, 1.54) is 11.1 Å². The summed E-state index contributed by atoms with van der Waals surface area (Å²) in [6, 6.07) is 8.44. The quantitative estimate of drug-likeness (QED) is 0.524. The van der Waals surface area contributed by atoms with Crippen LogP contribution >= 0.6 is 22.6 Å². The molecule has 1 aliphatic rings. The van der Waals surface area contributed by atoms with Crippen LogP contribution in [0.3, 0.4) is 0 Å². The highest BCUT2D eigenvalue weighted by Gasteiger charge is 2.43. The van der Waals surface area contributed by atoms with Gasteiger partial charge in [-0.3, -0.25) is 0 Å². The minimum absolute atomic E-state index is 0.146. The van der Waals surface area contributed by atoms with Crippen LogP contribution in [-0.4, -0.2) is 0 Å². The molecule has 0 fully saturated rings. The van der Waals surface area contributed by atoms with Gasteiger partial charge in [-0.15, -0.1) is 0 Å². The van der Waals surface area contributed by atoms with Crippen molar-refractivity contribution < 1.29 is 4.74 Å². The highest BCUT2D eigenvalue weighted by atomic mass is 127. The zero-order valence-corrected chi connectivity index (χ0v) is 10.3. The van der Waals surface area contributed by atoms with E-state index in [0.29, 0.717) is 0 Å². The Morgan fingerprint density at radius 1 is 1.08 bits per heavy atom. The molecule has 0 radical (unpaired) electrons. The van der Waals surface area contributed by atoms with Gasteiger partial charge in [-0.25, -0.2) is 0 Å². The molecular weight excluding hydrogens is 275 g/mol. The van der Waals surface area contributed by atoms with Gasteiger partial charge in [0.1, 0.15) is 3.61 Å². The molecule has 0 bridgehead atoms. The third kappa shape index (κ3) is 1.40. The molecule has 1 aliphatic heterocycles. The summed E-state index contributed by atoms with van der Waals surface area (Å²) in [7, 11) is 0. The lowest BCUT2D eigenvalue weighted by Gasteiger charge is -2.23. The summed E-state index contributed by atoms with van der Waals surface area (Å²) < 4.78 is 5.82. The Bertz CT molecular complexity index is 309. The van der Waals surface area contributed by atoms with E-state index >= 15 is 0 Å². The summed E-state index contributed by atoms with van der Waals surface area (Å²) in [5.74, 6) is 0. The van der Waals surface area contributed by atoms with Crippen LogP contribution in [0, 0.1) is 0 Å². The first-order chi connectivity index (χ1) is 5.93. The summed E-state index contributed by atoms with van der Waals surface area (Å²) in [6.07, 6.45) is 0. The zero-order valence-electron chi connectivity index (χ0n) is 8.10. The first-order valence-electron chi connectivity index (χ1n) is 4.42. The Morgan fingerprint density at radius 3 is 2.15 bits per heavy atom. The second-order valence-corrected chi connectivity index (χ2v) is 6.13. The van der Waals surface area contributed by atoms with Crippen molar-refractivity contribution in [2.45, 2.75) is 30.0 Å². The number of alkyl halides is 1. The van der Waals surface area contributed by atoms with Gasteiger partial charge in [0.25, 0.3) is 0 Å². The van der Waals surface area contributed by atoms with Gasteiger partial charge in [-0.05, 0) is 54.5 Å². The van der Waals surface area contributed by atoms with Crippen molar-refractivity contribution in [3.8, 4) is 0 Å². The number of hydrogen-bond acceptors (Lipinski definition) is 1. The second kappa shape index (κ2) is 2.70. The summed E-state index contributed by atoms with van der Waals surface area (Å²) >= 11 is 2.36. The van der Waals surface area contributed by atoms with Crippen molar-refractivity contribution in [3.63, 3.8) is 0 Å². The van der Waals surface area contributed by atoms with Crippen LogP contribution in [-0.2, 0) is 13.9 Å². The average molecular weight is 288 g/mol. The highest BCUT2D eigenvalue weighted by Crippen LogP contribution is 2.50. The molecule has 0 N–H and O–H groups in total. The smallest absolute Gasteiger partial charge is 0.143 e. The van der Waals surface area contributed by atoms with Crippen molar-refractivity contribution in [1.82, 2.24) is 0 Å². The molecule has 1 heterocycles. The van der Waals surface area contributed by atoms with Crippen LogP contribution in [0.1, 0.15) is 31.9 Å². The maximum atomic E-state index is 5.99. The number of ether oxygens (including phenoxy) is 1. The van der Waals surface area contributed by atoms with Crippen LogP contribution in [0.15, 0.2) is 24.3 Å². The van der Waals surface area contributed by atoms with Gasteiger partial charge in [0.05, 0.1) is 5.60 Å². The van der Waals surface area contributed by atoms with Gasteiger partial charge < -0.3 is 4.74 Å². The normalized spacial score (nSPS) is 30.2. The Morgan fingerprint density at radius 2 is 1.62 bits per heavy atom. The van der Waals surface area contributed by atoms with E-state index in [4.69, 9.17) is 4.74 Å². The number of benzene rings is 1. The summed E-state index contributed by atoms with van der Waals surface area (Å²) in [4.78, 5) is 0. The average Bonchev–Trinajstić information content (AvgIpc) is 2.20. The first kappa shape index (κ1) is 9.46. The van der Waals surface area contributed by atoms with E-state index in [9.17, 15) is 0 Å². The Kier molecular flexibility index (Phi) is 1.97. The lowest BCUT2D eigenvalue weighted by molar-refractivity contribution is -0.0540. The van der Waals surface area contributed by atoms with E-state index in [0.717, 1.165) is 0 Å². The Balaban J connectivity index is 2.64. The van der Waals surface area contributed by atoms with Crippen LogP contribution in [0.4, 0.5) is 0 Å². The Labute approximate surface area is 92.6 Å². The minimum Gasteiger partial charge on any atom is -0.350 e. The van der Waals surface area contributed by atoms with Crippen molar-refractivity contribution in [2.75, 3.05) is 0 Å². The first-order valence-corrected chi connectivity index (χ1v) is 5.50. The topological polar surface area (TPSA) is 9.23 Å². The molecule has 70 valence electrons. The van der Waals surface area contributed by atoms with Gasteiger partial charge in [-0.1, -0.05) is 24.3 Å². The van der Waals surface area contributed by atoms with Crippen LogP contribution < -0.4 is 0 Å². The molecule has 1 atom stereocenters. The fourth-order valence-corrected chi connectivity index (χ4v) is 3.01. The molecule has 0 aliphatic carbocycles. The van der Waals surface area contributed by atoms with E-state index < -0.39 is 0 Å². The van der Waals surface area contributed by atoms with Gasteiger partial charge in [0.2, 0.25) is 0 Å². The van der Waals surface area contributed by atoms with Gasteiger partial charge in [0.15, 0.2) is 0 Å². The third-order valence-electron chi connectivity index (χ3n) is 2.50. The van der Waals surface area contributed by atoms with E-state index in [1.807, 2.05) is 0 Å². The number of fused-ring (bicyclic) bond motifs is 1. The van der Waals surface area contributed by atoms with Gasteiger partial charge >= 0.3 is 0 Å². The SMILES string of the molecule is CC1(C)OC(C)(I)c2ccccc21. The molecule has 0 amide bonds. The fraction of sp³-hybridized carbons (Fsp3) is 0.455. The predicted octanol–water partition coefficient (Wildman–Crippen LogP) is 3.56. The molecule has 0 saturated heterocycles.